The molecule has 0 bridgehead atoms. The van der Waals surface area contributed by atoms with E-state index in [4.69, 9.17) is 0 Å². The SMILES string of the molecule is CCC12CCC(=O)CC1c1ccc(O)cc1CC2. The van der Waals surface area contributed by atoms with E-state index in [9.17, 15) is 9.90 Å². The fourth-order valence-corrected chi connectivity index (χ4v) is 3.98. The lowest BCUT2D eigenvalue weighted by Gasteiger charge is -2.47. The Hall–Kier alpha value is -1.31. The van der Waals surface area contributed by atoms with Gasteiger partial charge in [-0.15, -0.1) is 0 Å². The van der Waals surface area contributed by atoms with Crippen LogP contribution in [0, 0.1) is 5.41 Å². The largest absolute Gasteiger partial charge is 0.508 e. The summed E-state index contributed by atoms with van der Waals surface area (Å²) < 4.78 is 0. The van der Waals surface area contributed by atoms with Crippen molar-refractivity contribution in [3.05, 3.63) is 29.3 Å². The number of aryl methyl sites for hydroxylation is 1. The molecule has 1 fully saturated rings. The third kappa shape index (κ3) is 1.66. The number of fused-ring (bicyclic) bond motifs is 3. The molecule has 0 amide bonds. The summed E-state index contributed by atoms with van der Waals surface area (Å²) in [5, 5.41) is 9.59. The van der Waals surface area contributed by atoms with Crippen LogP contribution in [0.4, 0.5) is 0 Å². The predicted octanol–water partition coefficient (Wildman–Crippen LogP) is 3.57. The predicted molar refractivity (Wildman–Crippen MR) is 70.8 cm³/mol. The summed E-state index contributed by atoms with van der Waals surface area (Å²) in [4.78, 5) is 11.8. The molecule has 1 aromatic rings. The first kappa shape index (κ1) is 11.8. The normalized spacial score (nSPS) is 30.7. The molecule has 2 unspecified atom stereocenters. The first-order chi connectivity index (χ1) is 8.64. The van der Waals surface area contributed by atoms with Gasteiger partial charge in [0, 0.05) is 12.8 Å². The molecule has 0 saturated heterocycles. The number of hydrogen-bond donors (Lipinski definition) is 1. The fourth-order valence-electron chi connectivity index (χ4n) is 3.98. The molecule has 2 atom stereocenters. The van der Waals surface area contributed by atoms with Gasteiger partial charge in [-0.25, -0.2) is 0 Å². The minimum Gasteiger partial charge on any atom is -0.508 e. The molecule has 3 rings (SSSR count). The molecule has 0 radical (unpaired) electrons. The van der Waals surface area contributed by atoms with Gasteiger partial charge in [0.1, 0.15) is 11.5 Å². The number of ketones is 1. The first-order valence-corrected chi connectivity index (χ1v) is 6.98. The Balaban J connectivity index is 2.07. The Labute approximate surface area is 108 Å². The van der Waals surface area contributed by atoms with Crippen LogP contribution in [0.3, 0.4) is 0 Å². The zero-order valence-electron chi connectivity index (χ0n) is 10.9. The van der Waals surface area contributed by atoms with Gasteiger partial charge in [-0.05, 0) is 60.3 Å². The Kier molecular flexibility index (Phi) is 2.69. The maximum atomic E-state index is 11.8. The molecule has 1 aromatic carbocycles. The van der Waals surface area contributed by atoms with Crippen molar-refractivity contribution in [2.24, 2.45) is 5.41 Å². The van der Waals surface area contributed by atoms with E-state index in [1.54, 1.807) is 6.07 Å². The van der Waals surface area contributed by atoms with Crippen molar-refractivity contribution in [3.63, 3.8) is 0 Å². The van der Waals surface area contributed by atoms with Crippen LogP contribution in [0.25, 0.3) is 0 Å². The lowest BCUT2D eigenvalue weighted by molar-refractivity contribution is -0.123. The zero-order valence-corrected chi connectivity index (χ0v) is 10.9. The average molecular weight is 244 g/mol. The summed E-state index contributed by atoms with van der Waals surface area (Å²) in [5.74, 6) is 1.14. The van der Waals surface area contributed by atoms with Crippen LogP contribution in [0.2, 0.25) is 0 Å². The first-order valence-electron chi connectivity index (χ1n) is 6.98. The number of carbonyl (C=O) groups is 1. The van der Waals surface area contributed by atoms with Crippen LogP contribution in [0.15, 0.2) is 18.2 Å². The van der Waals surface area contributed by atoms with Gasteiger partial charge in [-0.2, -0.15) is 0 Å². The third-order valence-electron chi connectivity index (χ3n) is 5.17. The van der Waals surface area contributed by atoms with E-state index in [2.05, 4.69) is 6.92 Å². The lowest BCUT2D eigenvalue weighted by Crippen LogP contribution is -2.38. The van der Waals surface area contributed by atoms with Gasteiger partial charge in [0.05, 0.1) is 0 Å². The Morgan fingerprint density at radius 2 is 2.11 bits per heavy atom. The van der Waals surface area contributed by atoms with E-state index < -0.39 is 0 Å². The van der Waals surface area contributed by atoms with Crippen LogP contribution < -0.4 is 0 Å². The minimum absolute atomic E-state index is 0.331. The molecule has 0 heterocycles. The topological polar surface area (TPSA) is 37.3 Å². The summed E-state index contributed by atoms with van der Waals surface area (Å²) in [6.07, 6.45) is 5.88. The van der Waals surface area contributed by atoms with E-state index in [0.29, 0.717) is 29.3 Å². The van der Waals surface area contributed by atoms with Gasteiger partial charge < -0.3 is 5.11 Å². The van der Waals surface area contributed by atoms with Gasteiger partial charge in [-0.3, -0.25) is 4.79 Å². The van der Waals surface area contributed by atoms with E-state index in [0.717, 1.165) is 32.1 Å². The molecular weight excluding hydrogens is 224 g/mol. The van der Waals surface area contributed by atoms with Gasteiger partial charge in [-0.1, -0.05) is 13.0 Å². The highest BCUT2D eigenvalue weighted by Crippen LogP contribution is 2.55. The van der Waals surface area contributed by atoms with Crippen LogP contribution in [0.1, 0.15) is 56.1 Å². The summed E-state index contributed by atoms with van der Waals surface area (Å²) in [6, 6.07) is 5.69. The van der Waals surface area contributed by atoms with Crippen LogP contribution in [-0.2, 0) is 11.2 Å². The molecule has 2 aliphatic rings. The molecular formula is C16H20O2. The number of aromatic hydroxyl groups is 1. The van der Waals surface area contributed by atoms with E-state index in [-0.39, 0.29) is 0 Å². The van der Waals surface area contributed by atoms with Gasteiger partial charge in [0.25, 0.3) is 0 Å². The molecule has 2 aliphatic carbocycles. The number of hydrogen-bond acceptors (Lipinski definition) is 2. The van der Waals surface area contributed by atoms with Gasteiger partial charge >= 0.3 is 0 Å². The molecule has 2 nitrogen and oxygen atoms in total. The number of benzene rings is 1. The summed E-state index contributed by atoms with van der Waals surface area (Å²) in [6.45, 7) is 2.26. The van der Waals surface area contributed by atoms with Crippen LogP contribution >= 0.6 is 0 Å². The number of rotatable bonds is 1. The number of phenolic OH excluding ortho intramolecular Hbond substituents is 1. The van der Waals surface area contributed by atoms with Crippen molar-refractivity contribution in [2.75, 3.05) is 0 Å². The summed E-state index contributed by atoms with van der Waals surface area (Å²) in [5.41, 5.74) is 2.89. The minimum atomic E-state index is 0.331. The Morgan fingerprint density at radius 1 is 1.33 bits per heavy atom. The molecule has 1 N–H and O–H groups in total. The third-order valence-corrected chi connectivity index (χ3v) is 5.17. The Morgan fingerprint density at radius 3 is 2.89 bits per heavy atom. The zero-order chi connectivity index (χ0) is 12.8. The summed E-state index contributed by atoms with van der Waals surface area (Å²) >= 11 is 0. The van der Waals surface area contributed by atoms with Gasteiger partial charge in [0.15, 0.2) is 0 Å². The monoisotopic (exact) mass is 244 g/mol. The molecule has 96 valence electrons. The van der Waals surface area contributed by atoms with E-state index in [1.165, 1.54) is 11.1 Å². The number of phenols is 1. The van der Waals surface area contributed by atoms with E-state index >= 15 is 0 Å². The maximum Gasteiger partial charge on any atom is 0.133 e. The molecule has 2 heteroatoms. The quantitative estimate of drug-likeness (QED) is 0.820. The second-order valence-corrected chi connectivity index (χ2v) is 5.89. The highest BCUT2D eigenvalue weighted by molar-refractivity contribution is 5.80. The second kappa shape index (κ2) is 4.11. The molecule has 1 saturated carbocycles. The smallest absolute Gasteiger partial charge is 0.133 e. The van der Waals surface area contributed by atoms with Crippen molar-refractivity contribution in [2.45, 2.75) is 51.4 Å². The maximum absolute atomic E-state index is 11.8. The van der Waals surface area contributed by atoms with Crippen LogP contribution in [-0.4, -0.2) is 10.9 Å². The molecule has 0 aliphatic heterocycles. The summed E-state index contributed by atoms with van der Waals surface area (Å²) in [7, 11) is 0. The lowest BCUT2D eigenvalue weighted by atomic mass is 9.56. The average Bonchev–Trinajstić information content (AvgIpc) is 2.38. The van der Waals surface area contributed by atoms with Crippen molar-refractivity contribution < 1.29 is 9.90 Å². The highest BCUT2D eigenvalue weighted by Gasteiger charge is 2.45. The van der Waals surface area contributed by atoms with Crippen molar-refractivity contribution in [1.29, 1.82) is 0 Å². The highest BCUT2D eigenvalue weighted by atomic mass is 16.3. The van der Waals surface area contributed by atoms with Crippen molar-refractivity contribution in [3.8, 4) is 5.75 Å². The fraction of sp³-hybridized carbons (Fsp3) is 0.562. The van der Waals surface area contributed by atoms with Crippen molar-refractivity contribution >= 4 is 5.78 Å². The number of Topliss-reactive ketones (excluding diaryl/α,β-unsaturated/α-hetero) is 1. The standard InChI is InChI=1S/C16H20O2/c1-2-16-7-5-11-9-12(17)3-4-14(11)15(16)10-13(18)6-8-16/h3-4,9,15,17H,2,5-8,10H2,1H3. The van der Waals surface area contributed by atoms with Crippen molar-refractivity contribution in [1.82, 2.24) is 0 Å². The molecule has 0 spiro atoms. The van der Waals surface area contributed by atoms with Crippen LogP contribution in [0.5, 0.6) is 5.75 Å². The van der Waals surface area contributed by atoms with E-state index in [1.807, 2.05) is 12.1 Å². The molecule has 0 aromatic heterocycles. The molecule has 18 heavy (non-hydrogen) atoms. The Bertz CT molecular complexity index is 492. The number of carbonyl (C=O) groups excluding carboxylic acids is 1. The second-order valence-electron chi connectivity index (χ2n) is 5.89. The van der Waals surface area contributed by atoms with Gasteiger partial charge in [0.2, 0.25) is 0 Å².